The topological polar surface area (TPSA) is 87.9 Å². The lowest BCUT2D eigenvalue weighted by molar-refractivity contribution is -0.138. The fourth-order valence-electron chi connectivity index (χ4n) is 3.70. The van der Waals surface area contributed by atoms with Crippen LogP contribution >= 0.6 is 0 Å². The number of aliphatic carboxylic acids is 1. The zero-order chi connectivity index (χ0) is 18.4. The van der Waals surface area contributed by atoms with E-state index in [9.17, 15) is 9.59 Å². The first-order chi connectivity index (χ1) is 12.6. The van der Waals surface area contributed by atoms with Gasteiger partial charge in [0.15, 0.2) is 0 Å². The van der Waals surface area contributed by atoms with E-state index in [0.717, 1.165) is 64.3 Å². The Balaban J connectivity index is 1.45. The molecule has 8 heteroatoms. The largest absolute Gasteiger partial charge is 0.480 e. The number of carbonyl (C=O) groups is 2. The molecule has 3 heterocycles. The number of ether oxygens (including phenoxy) is 1. The molecule has 2 aliphatic heterocycles. The lowest BCUT2D eigenvalue weighted by Crippen LogP contribution is -2.40. The van der Waals surface area contributed by atoms with E-state index in [1.54, 1.807) is 6.20 Å². The molecule has 0 unspecified atom stereocenters. The molecule has 0 bridgehead atoms. The van der Waals surface area contributed by atoms with Gasteiger partial charge in [0, 0.05) is 44.7 Å². The minimum absolute atomic E-state index is 0.128. The normalized spacial score (nSPS) is 21.7. The van der Waals surface area contributed by atoms with Gasteiger partial charge in [-0.1, -0.05) is 0 Å². The van der Waals surface area contributed by atoms with E-state index in [1.807, 2.05) is 11.0 Å². The monoisotopic (exact) mass is 364 g/mol. The molecule has 1 atom stereocenters. The van der Waals surface area contributed by atoms with Gasteiger partial charge in [-0.25, -0.2) is 0 Å². The molecule has 1 aromatic heterocycles. The van der Waals surface area contributed by atoms with E-state index in [4.69, 9.17) is 9.84 Å². The molecule has 1 amide bonds. The summed E-state index contributed by atoms with van der Waals surface area (Å²) in [5.74, 6) is -0.490. The Morgan fingerprint density at radius 2 is 2.08 bits per heavy atom. The van der Waals surface area contributed by atoms with E-state index in [1.165, 1.54) is 4.68 Å². The van der Waals surface area contributed by atoms with Gasteiger partial charge in [-0.15, -0.1) is 0 Å². The Labute approximate surface area is 153 Å². The van der Waals surface area contributed by atoms with Gasteiger partial charge in [-0.2, -0.15) is 5.10 Å². The van der Waals surface area contributed by atoms with Crippen LogP contribution in [-0.4, -0.2) is 82.5 Å². The Bertz CT molecular complexity index is 612. The van der Waals surface area contributed by atoms with E-state index in [2.05, 4.69) is 10.00 Å². The van der Waals surface area contributed by atoms with Gasteiger partial charge in [0.2, 0.25) is 5.91 Å². The van der Waals surface area contributed by atoms with Crippen molar-refractivity contribution in [3.63, 3.8) is 0 Å². The molecule has 1 N–H and O–H groups in total. The summed E-state index contributed by atoms with van der Waals surface area (Å²) in [6, 6.07) is 1.88. The highest BCUT2D eigenvalue weighted by molar-refractivity contribution is 5.76. The third kappa shape index (κ3) is 5.28. The highest BCUT2D eigenvalue weighted by Gasteiger charge is 2.26. The number of carboxylic acids is 1. The summed E-state index contributed by atoms with van der Waals surface area (Å²) in [4.78, 5) is 27.6. The molecular formula is C18H28N4O4. The predicted molar refractivity (Wildman–Crippen MR) is 94.9 cm³/mol. The number of piperidine rings is 1. The summed E-state index contributed by atoms with van der Waals surface area (Å²) < 4.78 is 6.79. The van der Waals surface area contributed by atoms with Crippen LogP contribution in [0.2, 0.25) is 0 Å². The van der Waals surface area contributed by atoms with Crippen LogP contribution < -0.4 is 0 Å². The van der Waals surface area contributed by atoms with Gasteiger partial charge in [-0.05, 0) is 31.9 Å². The highest BCUT2D eigenvalue weighted by atomic mass is 16.5. The minimum atomic E-state index is -0.902. The maximum absolute atomic E-state index is 12.5. The number of rotatable bonds is 7. The van der Waals surface area contributed by atoms with Gasteiger partial charge < -0.3 is 14.7 Å². The zero-order valence-corrected chi connectivity index (χ0v) is 15.2. The number of nitrogens with zero attached hydrogens (tertiary/aromatic N) is 4. The van der Waals surface area contributed by atoms with Crippen molar-refractivity contribution >= 4 is 11.9 Å². The van der Waals surface area contributed by atoms with E-state index >= 15 is 0 Å². The molecule has 2 fully saturated rings. The number of amides is 1. The van der Waals surface area contributed by atoms with Crippen LogP contribution in [0.5, 0.6) is 0 Å². The van der Waals surface area contributed by atoms with Gasteiger partial charge in [0.25, 0.3) is 0 Å². The zero-order valence-electron chi connectivity index (χ0n) is 15.2. The Hall–Kier alpha value is -1.93. The third-order valence-electron chi connectivity index (χ3n) is 5.12. The summed E-state index contributed by atoms with van der Waals surface area (Å²) in [6.45, 7) is 5.80. The van der Waals surface area contributed by atoms with Gasteiger partial charge in [0.1, 0.15) is 6.54 Å². The van der Waals surface area contributed by atoms with Gasteiger partial charge in [-0.3, -0.25) is 19.2 Å². The van der Waals surface area contributed by atoms with Crippen molar-refractivity contribution in [3.8, 4) is 0 Å². The summed E-state index contributed by atoms with van der Waals surface area (Å²) in [5, 5.41) is 13.2. The van der Waals surface area contributed by atoms with Crippen molar-refractivity contribution in [1.29, 1.82) is 0 Å². The molecule has 0 radical (unpaired) electrons. The van der Waals surface area contributed by atoms with Crippen molar-refractivity contribution in [2.45, 2.75) is 38.1 Å². The number of morpholine rings is 1. The molecule has 8 nitrogen and oxygen atoms in total. The van der Waals surface area contributed by atoms with Crippen molar-refractivity contribution in [2.24, 2.45) is 0 Å². The van der Waals surface area contributed by atoms with Crippen LogP contribution in [0.1, 0.15) is 37.3 Å². The number of carboxylic acid groups (broad SMARTS) is 1. The molecular weight excluding hydrogens is 336 g/mol. The lowest BCUT2D eigenvalue weighted by atomic mass is 9.94. The number of likely N-dealkylation sites (tertiary alicyclic amines) is 1. The van der Waals surface area contributed by atoms with Gasteiger partial charge in [0.05, 0.1) is 18.9 Å². The van der Waals surface area contributed by atoms with Crippen molar-refractivity contribution < 1.29 is 19.4 Å². The van der Waals surface area contributed by atoms with Crippen LogP contribution in [0.3, 0.4) is 0 Å². The van der Waals surface area contributed by atoms with Crippen molar-refractivity contribution in [3.05, 3.63) is 18.0 Å². The third-order valence-corrected chi connectivity index (χ3v) is 5.12. The summed E-state index contributed by atoms with van der Waals surface area (Å²) in [7, 11) is 0. The van der Waals surface area contributed by atoms with Gasteiger partial charge >= 0.3 is 5.97 Å². The second-order valence-electron chi connectivity index (χ2n) is 7.07. The van der Waals surface area contributed by atoms with Crippen LogP contribution in [0.15, 0.2) is 12.3 Å². The molecule has 0 saturated carbocycles. The summed E-state index contributed by atoms with van der Waals surface area (Å²) in [6.07, 6.45) is 5.12. The fourth-order valence-corrected chi connectivity index (χ4v) is 3.70. The number of aromatic nitrogens is 2. The smallest absolute Gasteiger partial charge is 0.325 e. The van der Waals surface area contributed by atoms with Crippen molar-refractivity contribution in [2.75, 3.05) is 45.9 Å². The fraction of sp³-hybridized carbons (Fsp3) is 0.722. The molecule has 144 valence electrons. The Morgan fingerprint density at radius 3 is 2.85 bits per heavy atom. The molecule has 0 spiro atoms. The molecule has 26 heavy (non-hydrogen) atoms. The second kappa shape index (κ2) is 9.14. The maximum Gasteiger partial charge on any atom is 0.325 e. The second-order valence-corrected chi connectivity index (χ2v) is 7.07. The quantitative estimate of drug-likeness (QED) is 0.769. The SMILES string of the molecule is O=C(O)Cn1ccc([C@H]2CCCN(C(=O)CCCN3CCOCC3)C2)n1. The average Bonchev–Trinajstić information content (AvgIpc) is 3.10. The summed E-state index contributed by atoms with van der Waals surface area (Å²) >= 11 is 0. The van der Waals surface area contributed by atoms with E-state index in [-0.39, 0.29) is 18.4 Å². The molecule has 2 saturated heterocycles. The first-order valence-corrected chi connectivity index (χ1v) is 9.45. The average molecular weight is 364 g/mol. The Morgan fingerprint density at radius 1 is 1.27 bits per heavy atom. The van der Waals surface area contributed by atoms with Crippen LogP contribution in [-0.2, 0) is 20.9 Å². The minimum Gasteiger partial charge on any atom is -0.480 e. The number of hydrogen-bond donors (Lipinski definition) is 1. The van der Waals surface area contributed by atoms with E-state index in [0.29, 0.717) is 13.0 Å². The molecule has 1 aromatic rings. The first kappa shape index (κ1) is 18.8. The van der Waals surface area contributed by atoms with E-state index < -0.39 is 5.97 Å². The summed E-state index contributed by atoms with van der Waals surface area (Å²) in [5.41, 5.74) is 0.886. The maximum atomic E-state index is 12.5. The standard InChI is InChI=1S/C18H28N4O4/c23-17(4-2-6-20-9-11-26-12-10-20)21-7-1-3-15(13-21)16-5-8-22(19-16)14-18(24)25/h5,8,15H,1-4,6-7,9-14H2,(H,24,25)/t15-/m0/s1. The molecule has 3 rings (SSSR count). The predicted octanol–water partition coefficient (Wildman–Crippen LogP) is 0.786. The van der Waals surface area contributed by atoms with Crippen LogP contribution in [0, 0.1) is 0 Å². The number of carbonyl (C=O) groups excluding carboxylic acids is 1. The Kier molecular flexibility index (Phi) is 6.62. The highest BCUT2D eigenvalue weighted by Crippen LogP contribution is 2.26. The van der Waals surface area contributed by atoms with Crippen molar-refractivity contribution in [1.82, 2.24) is 19.6 Å². The molecule has 0 aliphatic carbocycles. The molecule has 2 aliphatic rings. The molecule has 0 aromatic carbocycles. The lowest BCUT2D eigenvalue weighted by Gasteiger charge is -2.32. The van der Waals surface area contributed by atoms with Crippen LogP contribution in [0.25, 0.3) is 0 Å². The first-order valence-electron chi connectivity index (χ1n) is 9.45. The van der Waals surface area contributed by atoms with Crippen LogP contribution in [0.4, 0.5) is 0 Å². The number of hydrogen-bond acceptors (Lipinski definition) is 5.